The lowest BCUT2D eigenvalue weighted by Crippen LogP contribution is -2.20. The van der Waals surface area contributed by atoms with Crippen LogP contribution in [0.1, 0.15) is 10.7 Å². The summed E-state index contributed by atoms with van der Waals surface area (Å²) in [4.78, 5) is 14.1. The third-order valence-electron chi connectivity index (χ3n) is 4.49. The lowest BCUT2D eigenvalue weighted by molar-refractivity contribution is 1.02. The predicted octanol–water partition coefficient (Wildman–Crippen LogP) is 5.55. The van der Waals surface area contributed by atoms with Crippen LogP contribution in [0.2, 0.25) is 0 Å². The second kappa shape index (κ2) is 8.23. The number of hydrogen-bond acceptors (Lipinski definition) is 5. The fraction of sp³-hybridized carbons (Fsp3) is 0. The van der Waals surface area contributed by atoms with Crippen LogP contribution in [0.4, 0.5) is 5.69 Å². The first kappa shape index (κ1) is 18.1. The predicted molar refractivity (Wildman–Crippen MR) is 125 cm³/mol. The highest BCUT2D eigenvalue weighted by atomic mass is 32.1. The van der Waals surface area contributed by atoms with Crippen molar-refractivity contribution in [1.82, 2.24) is 15.4 Å². The first-order valence-corrected chi connectivity index (χ1v) is 10.3. The number of nitrogens with zero attached hydrogens (tertiary/aromatic N) is 4. The number of thiazole rings is 1. The summed E-state index contributed by atoms with van der Waals surface area (Å²) in [6.45, 7) is 0. The minimum absolute atomic E-state index is 0.573. The van der Waals surface area contributed by atoms with E-state index in [4.69, 9.17) is 9.98 Å². The molecule has 0 saturated carbocycles. The van der Waals surface area contributed by atoms with Gasteiger partial charge in [-0.25, -0.2) is 15.0 Å². The van der Waals surface area contributed by atoms with E-state index in [1.54, 1.807) is 17.6 Å². The van der Waals surface area contributed by atoms with Gasteiger partial charge >= 0.3 is 0 Å². The van der Waals surface area contributed by atoms with Gasteiger partial charge in [-0.15, -0.1) is 11.3 Å². The summed E-state index contributed by atoms with van der Waals surface area (Å²) in [5.41, 5.74) is 6.49. The molecular weight excluding hydrogens is 390 g/mol. The first-order valence-electron chi connectivity index (χ1n) is 9.50. The SMILES string of the molecule is C(=NNC(=Nc1ccccc1)c1ccc2ccccc2n1)c1nc2ccccc2s1. The Labute approximate surface area is 177 Å². The van der Waals surface area contributed by atoms with Crippen LogP contribution in [-0.2, 0) is 0 Å². The zero-order valence-electron chi connectivity index (χ0n) is 15.9. The number of nitrogens with one attached hydrogen (secondary N) is 1. The van der Waals surface area contributed by atoms with Crippen LogP contribution in [0.3, 0.4) is 0 Å². The highest BCUT2D eigenvalue weighted by molar-refractivity contribution is 7.20. The fourth-order valence-electron chi connectivity index (χ4n) is 3.06. The van der Waals surface area contributed by atoms with Gasteiger partial charge in [0, 0.05) is 5.39 Å². The zero-order valence-corrected chi connectivity index (χ0v) is 16.8. The summed E-state index contributed by atoms with van der Waals surface area (Å²) in [6.07, 6.45) is 1.71. The molecule has 0 fully saturated rings. The van der Waals surface area contributed by atoms with Crippen molar-refractivity contribution in [1.29, 1.82) is 0 Å². The number of aliphatic imine (C=N–C) groups is 1. The monoisotopic (exact) mass is 407 g/mol. The van der Waals surface area contributed by atoms with Crippen molar-refractivity contribution in [2.45, 2.75) is 0 Å². The molecule has 0 aliphatic heterocycles. The maximum Gasteiger partial charge on any atom is 0.173 e. The molecule has 0 amide bonds. The molecule has 6 heteroatoms. The summed E-state index contributed by atoms with van der Waals surface area (Å²) in [5.74, 6) is 0.573. The molecule has 5 rings (SSSR count). The summed E-state index contributed by atoms with van der Waals surface area (Å²) in [5, 5.41) is 6.30. The molecule has 0 aliphatic carbocycles. The quantitative estimate of drug-likeness (QED) is 0.241. The first-order chi connectivity index (χ1) is 14.8. The molecular formula is C24H17N5S. The second-order valence-corrected chi connectivity index (χ2v) is 7.64. The lowest BCUT2D eigenvalue weighted by Gasteiger charge is -2.07. The van der Waals surface area contributed by atoms with Gasteiger partial charge in [-0.1, -0.05) is 54.6 Å². The molecule has 2 heterocycles. The van der Waals surface area contributed by atoms with Gasteiger partial charge in [-0.3, -0.25) is 5.43 Å². The minimum Gasteiger partial charge on any atom is -0.259 e. The van der Waals surface area contributed by atoms with Crippen LogP contribution in [0.5, 0.6) is 0 Å². The van der Waals surface area contributed by atoms with Crippen molar-refractivity contribution in [3.63, 3.8) is 0 Å². The van der Waals surface area contributed by atoms with E-state index in [1.807, 2.05) is 84.9 Å². The van der Waals surface area contributed by atoms with Crippen molar-refractivity contribution in [3.8, 4) is 0 Å². The number of fused-ring (bicyclic) bond motifs is 2. The third kappa shape index (κ3) is 3.94. The molecule has 30 heavy (non-hydrogen) atoms. The van der Waals surface area contributed by atoms with Gasteiger partial charge in [-0.05, 0) is 36.4 Å². The number of benzene rings is 3. The number of pyridine rings is 1. The van der Waals surface area contributed by atoms with Crippen LogP contribution >= 0.6 is 11.3 Å². The van der Waals surface area contributed by atoms with Crippen LogP contribution in [0.15, 0.2) is 101 Å². The van der Waals surface area contributed by atoms with Crippen LogP contribution in [0.25, 0.3) is 21.1 Å². The van der Waals surface area contributed by atoms with E-state index in [2.05, 4.69) is 21.6 Å². The Hall–Kier alpha value is -3.90. The Morgan fingerprint density at radius 3 is 2.40 bits per heavy atom. The van der Waals surface area contributed by atoms with Crippen molar-refractivity contribution < 1.29 is 0 Å². The standard InChI is InChI=1S/C24H17N5S/c1-2-9-18(10-3-1)26-24(21-15-14-17-8-4-5-11-19(17)27-21)29-25-16-23-28-20-12-6-7-13-22(20)30-23/h1-16H,(H,26,29). The van der Waals surface area contributed by atoms with E-state index in [0.29, 0.717) is 5.84 Å². The molecule has 0 radical (unpaired) electrons. The summed E-state index contributed by atoms with van der Waals surface area (Å²) >= 11 is 1.59. The largest absolute Gasteiger partial charge is 0.259 e. The topological polar surface area (TPSA) is 62.5 Å². The number of para-hydroxylation sites is 3. The average molecular weight is 408 g/mol. The highest BCUT2D eigenvalue weighted by Crippen LogP contribution is 2.20. The number of hydrazone groups is 1. The minimum atomic E-state index is 0.573. The molecule has 0 bridgehead atoms. The van der Waals surface area contributed by atoms with Crippen molar-refractivity contribution in [2.75, 3.05) is 0 Å². The number of aromatic nitrogens is 2. The van der Waals surface area contributed by atoms with Gasteiger partial charge in [0.1, 0.15) is 10.7 Å². The van der Waals surface area contributed by atoms with Gasteiger partial charge in [0.15, 0.2) is 5.84 Å². The van der Waals surface area contributed by atoms with E-state index >= 15 is 0 Å². The average Bonchev–Trinajstić information content (AvgIpc) is 3.22. The summed E-state index contributed by atoms with van der Waals surface area (Å²) in [7, 11) is 0. The fourth-order valence-corrected chi connectivity index (χ4v) is 3.90. The Kier molecular flexibility index (Phi) is 4.98. The Morgan fingerprint density at radius 1 is 0.767 bits per heavy atom. The van der Waals surface area contributed by atoms with Crippen LogP contribution < -0.4 is 5.43 Å². The van der Waals surface area contributed by atoms with Crippen LogP contribution in [-0.4, -0.2) is 22.0 Å². The van der Waals surface area contributed by atoms with Crippen molar-refractivity contribution in [3.05, 3.63) is 102 Å². The van der Waals surface area contributed by atoms with Crippen molar-refractivity contribution >= 4 is 50.2 Å². The molecule has 5 nitrogen and oxygen atoms in total. The Morgan fingerprint density at radius 2 is 1.53 bits per heavy atom. The molecule has 0 aliphatic rings. The van der Waals surface area contributed by atoms with Gasteiger partial charge in [0.05, 0.1) is 27.6 Å². The maximum atomic E-state index is 4.75. The molecule has 1 N–H and O–H groups in total. The molecule has 0 saturated heterocycles. The zero-order chi connectivity index (χ0) is 20.2. The third-order valence-corrected chi connectivity index (χ3v) is 5.46. The number of rotatable bonds is 4. The smallest absolute Gasteiger partial charge is 0.173 e. The van der Waals surface area contributed by atoms with E-state index in [9.17, 15) is 0 Å². The number of amidine groups is 1. The Balaban J connectivity index is 1.48. The lowest BCUT2D eigenvalue weighted by atomic mass is 10.2. The molecule has 0 spiro atoms. The van der Waals surface area contributed by atoms with Crippen molar-refractivity contribution in [2.24, 2.45) is 10.1 Å². The van der Waals surface area contributed by atoms with E-state index in [1.165, 1.54) is 0 Å². The van der Waals surface area contributed by atoms with Gasteiger partial charge in [0.25, 0.3) is 0 Å². The van der Waals surface area contributed by atoms with E-state index in [0.717, 1.165) is 37.5 Å². The van der Waals surface area contributed by atoms with Crippen LogP contribution in [0, 0.1) is 0 Å². The number of hydrogen-bond donors (Lipinski definition) is 1. The van der Waals surface area contributed by atoms with Gasteiger partial charge < -0.3 is 0 Å². The maximum absolute atomic E-state index is 4.75. The summed E-state index contributed by atoms with van der Waals surface area (Å²) in [6, 6.07) is 29.8. The molecule has 2 aromatic heterocycles. The molecule has 144 valence electrons. The molecule has 0 unspecified atom stereocenters. The molecule has 3 aromatic carbocycles. The normalized spacial score (nSPS) is 12.1. The van der Waals surface area contributed by atoms with Gasteiger partial charge in [0.2, 0.25) is 0 Å². The van der Waals surface area contributed by atoms with E-state index < -0.39 is 0 Å². The summed E-state index contributed by atoms with van der Waals surface area (Å²) < 4.78 is 1.13. The molecule has 5 aromatic rings. The molecule has 0 atom stereocenters. The van der Waals surface area contributed by atoms with Gasteiger partial charge in [-0.2, -0.15) is 5.10 Å². The highest BCUT2D eigenvalue weighted by Gasteiger charge is 2.07. The van der Waals surface area contributed by atoms with E-state index in [-0.39, 0.29) is 0 Å². The Bertz CT molecular complexity index is 1340. The second-order valence-electron chi connectivity index (χ2n) is 6.57.